The van der Waals surface area contributed by atoms with Gasteiger partial charge in [0.15, 0.2) is 5.15 Å². The molecule has 128 valence electrons. The minimum atomic E-state index is 0.204. The third kappa shape index (κ3) is 3.96. The molecule has 0 aromatic carbocycles. The molecule has 9 heteroatoms. The van der Waals surface area contributed by atoms with Crippen molar-refractivity contribution in [2.45, 2.75) is 20.8 Å². The maximum Gasteiger partial charge on any atom is 0.223 e. The van der Waals surface area contributed by atoms with E-state index in [0.29, 0.717) is 5.15 Å². The van der Waals surface area contributed by atoms with Crippen LogP contribution in [0.2, 0.25) is 10.4 Å². The zero-order valence-corrected chi connectivity index (χ0v) is 18.2. The highest BCUT2D eigenvalue weighted by Crippen LogP contribution is 2.40. The summed E-state index contributed by atoms with van der Waals surface area (Å²) < 4.78 is 5.02. The number of pyridine rings is 1. The van der Waals surface area contributed by atoms with Crippen LogP contribution >= 0.6 is 62.4 Å². The van der Waals surface area contributed by atoms with Crippen LogP contribution in [0.1, 0.15) is 18.7 Å². The van der Waals surface area contributed by atoms with Crippen LogP contribution in [-0.2, 0) is 0 Å². The van der Waals surface area contributed by atoms with Crippen molar-refractivity contribution in [1.82, 2.24) is 15.0 Å². The third-order valence-corrected chi connectivity index (χ3v) is 6.16. The molecule has 0 aliphatic rings. The van der Waals surface area contributed by atoms with Gasteiger partial charge in [-0.25, -0.2) is 15.0 Å². The summed E-state index contributed by atoms with van der Waals surface area (Å²) in [5.74, 6) is 0. The number of anilines is 1. The number of aryl methyl sites for hydroxylation is 1. The first-order chi connectivity index (χ1) is 11.5. The Balaban J connectivity index is 0.00000100. The summed E-state index contributed by atoms with van der Waals surface area (Å²) in [6.45, 7) is 6.02. The van der Waals surface area contributed by atoms with E-state index in [0.717, 1.165) is 36.5 Å². The van der Waals surface area contributed by atoms with Gasteiger partial charge in [0.1, 0.15) is 5.52 Å². The van der Waals surface area contributed by atoms with E-state index >= 15 is 0 Å². The van der Waals surface area contributed by atoms with E-state index in [1.54, 1.807) is 17.5 Å². The first-order valence-electron chi connectivity index (χ1n) is 7.08. The van der Waals surface area contributed by atoms with Crippen LogP contribution in [0.3, 0.4) is 0 Å². The maximum atomic E-state index is 6.09. The van der Waals surface area contributed by atoms with Gasteiger partial charge in [0, 0.05) is 22.9 Å². The molecule has 0 spiro atoms. The van der Waals surface area contributed by atoms with E-state index in [4.69, 9.17) is 23.2 Å². The molecule has 0 aliphatic carbocycles. The van der Waals surface area contributed by atoms with Crippen molar-refractivity contribution in [3.05, 3.63) is 32.0 Å². The lowest BCUT2D eigenvalue weighted by atomic mass is 10.2. The van der Waals surface area contributed by atoms with Crippen molar-refractivity contribution in [3.8, 4) is 11.3 Å². The Hall–Kier alpha value is -0.600. The number of rotatable bonds is 3. The van der Waals surface area contributed by atoms with Crippen molar-refractivity contribution < 1.29 is 0 Å². The lowest BCUT2D eigenvalue weighted by Gasteiger charge is -2.08. The topological polar surface area (TPSA) is 50.7 Å². The molecular formula is C15H15BrCl2N4S2. The van der Waals surface area contributed by atoms with Gasteiger partial charge >= 0.3 is 0 Å². The Labute approximate surface area is 167 Å². The molecule has 0 saturated heterocycles. The number of nitrogens with one attached hydrogen (secondary N) is 1. The van der Waals surface area contributed by atoms with Crippen molar-refractivity contribution in [2.75, 3.05) is 11.0 Å². The van der Waals surface area contributed by atoms with E-state index in [1.807, 2.05) is 33.1 Å². The van der Waals surface area contributed by atoms with Crippen molar-refractivity contribution in [1.29, 1.82) is 0 Å². The molecule has 3 aromatic rings. The van der Waals surface area contributed by atoms with Gasteiger partial charge in [0.25, 0.3) is 0 Å². The standard InChI is InChI=1S/C13H9BrCl2N4S2.C2H6/c1-5-8(14)10-11(22-5)9(18-13(16)19-10)6-3-7(20-21-2)12(15)17-4-6;1-2/h3-4,20H,1-2H3;1-2H3. The lowest BCUT2D eigenvalue weighted by molar-refractivity contribution is 1.22. The summed E-state index contributed by atoms with van der Waals surface area (Å²) in [4.78, 5) is 14.0. The Bertz CT molecular complexity index is 870. The number of hydrogen-bond donors (Lipinski definition) is 1. The largest absolute Gasteiger partial charge is 0.327 e. The van der Waals surface area contributed by atoms with Crippen LogP contribution in [0.15, 0.2) is 16.7 Å². The van der Waals surface area contributed by atoms with Gasteiger partial charge in [-0.2, -0.15) is 0 Å². The average molecular weight is 466 g/mol. The fourth-order valence-electron chi connectivity index (χ4n) is 1.99. The molecule has 0 radical (unpaired) electrons. The monoisotopic (exact) mass is 464 g/mol. The second-order valence-corrected chi connectivity index (χ2v) is 7.69. The molecular weight excluding hydrogens is 451 g/mol. The SMILES string of the molecule is CC.CSNc1cc(-c2nc(Cl)nc3c(Br)c(C)sc23)cnc1Cl. The highest BCUT2D eigenvalue weighted by atomic mass is 79.9. The molecule has 0 saturated carbocycles. The third-order valence-electron chi connectivity index (χ3n) is 2.93. The molecule has 0 bridgehead atoms. The first kappa shape index (κ1) is 19.7. The summed E-state index contributed by atoms with van der Waals surface area (Å²) in [5.41, 5.74) is 3.14. The van der Waals surface area contributed by atoms with Crippen LogP contribution in [-0.4, -0.2) is 21.2 Å². The quantitative estimate of drug-likeness (QED) is 0.260. The summed E-state index contributed by atoms with van der Waals surface area (Å²) >= 11 is 18.8. The Morgan fingerprint density at radius 1 is 1.25 bits per heavy atom. The van der Waals surface area contributed by atoms with E-state index in [-0.39, 0.29) is 5.28 Å². The fourth-order valence-corrected chi connectivity index (χ4v) is 4.40. The molecule has 0 aliphatic heterocycles. The van der Waals surface area contributed by atoms with Gasteiger partial charge in [-0.05, 0) is 40.5 Å². The van der Waals surface area contributed by atoms with Crippen LogP contribution in [0, 0.1) is 6.92 Å². The number of aromatic nitrogens is 3. The summed E-state index contributed by atoms with van der Waals surface area (Å²) in [7, 11) is 0. The normalized spacial score (nSPS) is 10.5. The van der Waals surface area contributed by atoms with Gasteiger partial charge in [-0.1, -0.05) is 37.4 Å². The highest BCUT2D eigenvalue weighted by Gasteiger charge is 2.17. The highest BCUT2D eigenvalue weighted by molar-refractivity contribution is 9.10. The minimum absolute atomic E-state index is 0.204. The number of fused-ring (bicyclic) bond motifs is 1. The Morgan fingerprint density at radius 3 is 2.62 bits per heavy atom. The minimum Gasteiger partial charge on any atom is -0.327 e. The number of hydrogen-bond acceptors (Lipinski definition) is 6. The van der Waals surface area contributed by atoms with Gasteiger partial charge in [-0.15, -0.1) is 11.3 Å². The van der Waals surface area contributed by atoms with E-state index < -0.39 is 0 Å². The number of nitrogens with zero attached hydrogens (tertiary/aromatic N) is 3. The van der Waals surface area contributed by atoms with E-state index in [1.165, 1.54) is 11.9 Å². The van der Waals surface area contributed by atoms with E-state index in [2.05, 4.69) is 35.6 Å². The summed E-state index contributed by atoms with van der Waals surface area (Å²) in [6, 6.07) is 1.91. The van der Waals surface area contributed by atoms with Crippen molar-refractivity contribution in [2.24, 2.45) is 0 Å². The predicted molar refractivity (Wildman–Crippen MR) is 112 cm³/mol. The lowest BCUT2D eigenvalue weighted by Crippen LogP contribution is -1.93. The van der Waals surface area contributed by atoms with Crippen molar-refractivity contribution in [3.63, 3.8) is 0 Å². The van der Waals surface area contributed by atoms with Crippen LogP contribution in [0.4, 0.5) is 5.69 Å². The fraction of sp³-hybridized carbons (Fsp3) is 0.267. The van der Waals surface area contributed by atoms with E-state index in [9.17, 15) is 0 Å². The smallest absolute Gasteiger partial charge is 0.223 e. The molecule has 3 aromatic heterocycles. The molecule has 3 heterocycles. The Kier molecular flexibility index (Phi) is 7.12. The molecule has 4 nitrogen and oxygen atoms in total. The molecule has 0 amide bonds. The van der Waals surface area contributed by atoms with Crippen molar-refractivity contribution >= 4 is 78.3 Å². The summed E-state index contributed by atoms with van der Waals surface area (Å²) in [6.07, 6.45) is 3.61. The van der Waals surface area contributed by atoms with Gasteiger partial charge in [0.05, 0.1) is 20.6 Å². The van der Waals surface area contributed by atoms with Gasteiger partial charge in [0.2, 0.25) is 5.28 Å². The second-order valence-electron chi connectivity index (χ2n) is 4.36. The van der Waals surface area contributed by atoms with Crippen LogP contribution < -0.4 is 4.72 Å². The molecule has 0 fully saturated rings. The zero-order valence-electron chi connectivity index (χ0n) is 13.4. The molecule has 0 unspecified atom stereocenters. The predicted octanol–water partition coefficient (Wildman–Crippen LogP) is 6.85. The molecule has 0 atom stereocenters. The molecule has 3 rings (SSSR count). The zero-order chi connectivity index (χ0) is 17.9. The maximum absolute atomic E-state index is 6.09. The van der Waals surface area contributed by atoms with Crippen LogP contribution in [0.5, 0.6) is 0 Å². The van der Waals surface area contributed by atoms with Gasteiger partial charge < -0.3 is 4.72 Å². The van der Waals surface area contributed by atoms with Gasteiger partial charge in [-0.3, -0.25) is 0 Å². The number of halogens is 3. The summed E-state index contributed by atoms with van der Waals surface area (Å²) in [5, 5.41) is 0.619. The average Bonchev–Trinajstić information content (AvgIpc) is 2.86. The second kappa shape index (κ2) is 8.67. The number of thiophene rings is 1. The molecule has 1 N–H and O–H groups in total. The first-order valence-corrected chi connectivity index (χ1v) is 10.7. The van der Waals surface area contributed by atoms with Crippen LogP contribution in [0.25, 0.3) is 21.5 Å². The Morgan fingerprint density at radius 2 is 1.96 bits per heavy atom. The molecule has 24 heavy (non-hydrogen) atoms.